The van der Waals surface area contributed by atoms with Crippen molar-refractivity contribution >= 4 is 5.91 Å². The maximum atomic E-state index is 12.0. The molecule has 0 aromatic carbocycles. The first-order valence-corrected chi connectivity index (χ1v) is 5.25. The van der Waals surface area contributed by atoms with Gasteiger partial charge in [0.05, 0.1) is 6.61 Å². The van der Waals surface area contributed by atoms with Crippen molar-refractivity contribution in [3.63, 3.8) is 0 Å². The summed E-state index contributed by atoms with van der Waals surface area (Å²) in [7, 11) is 0. The highest BCUT2D eigenvalue weighted by molar-refractivity contribution is 5.82. The topological polar surface area (TPSA) is 41.6 Å². The van der Waals surface area contributed by atoms with Crippen LogP contribution in [0.4, 0.5) is 0 Å². The molecule has 2 aliphatic rings. The summed E-state index contributed by atoms with van der Waals surface area (Å²) in [4.78, 5) is 13.9. The Morgan fingerprint density at radius 3 is 2.79 bits per heavy atom. The molecule has 14 heavy (non-hydrogen) atoms. The Hall–Kier alpha value is -0.610. The molecule has 1 N–H and O–H groups in total. The van der Waals surface area contributed by atoms with Crippen LogP contribution in [0.1, 0.15) is 20.3 Å². The summed E-state index contributed by atoms with van der Waals surface area (Å²) in [6, 6.07) is 0. The van der Waals surface area contributed by atoms with E-state index in [1.807, 2.05) is 4.90 Å². The summed E-state index contributed by atoms with van der Waals surface area (Å²) in [5.74, 6) is 0.147. The number of nitrogens with zero attached hydrogens (tertiary/aromatic N) is 1. The average molecular weight is 198 g/mol. The zero-order valence-corrected chi connectivity index (χ0v) is 8.88. The van der Waals surface area contributed by atoms with Gasteiger partial charge in [-0.15, -0.1) is 0 Å². The minimum Gasteiger partial charge on any atom is -0.366 e. The van der Waals surface area contributed by atoms with Gasteiger partial charge in [-0.3, -0.25) is 4.79 Å². The molecule has 1 amide bonds. The van der Waals surface area contributed by atoms with Crippen molar-refractivity contribution in [2.75, 3.05) is 26.2 Å². The van der Waals surface area contributed by atoms with E-state index in [1.54, 1.807) is 0 Å². The number of amides is 1. The van der Waals surface area contributed by atoms with Crippen LogP contribution >= 0.6 is 0 Å². The third kappa shape index (κ3) is 1.64. The maximum Gasteiger partial charge on any atom is 0.253 e. The number of rotatable bonds is 1. The molecule has 2 saturated heterocycles. The molecule has 2 rings (SSSR count). The predicted octanol–water partition coefficient (Wildman–Crippen LogP) is -0.0143. The van der Waals surface area contributed by atoms with Gasteiger partial charge in [-0.2, -0.15) is 0 Å². The summed E-state index contributed by atoms with van der Waals surface area (Å²) in [5, 5.41) is 3.17. The van der Waals surface area contributed by atoms with Gasteiger partial charge < -0.3 is 15.0 Å². The van der Waals surface area contributed by atoms with Crippen LogP contribution in [0, 0.1) is 0 Å². The number of morpholine rings is 1. The zero-order valence-electron chi connectivity index (χ0n) is 8.88. The number of carbonyl (C=O) groups is 1. The lowest BCUT2D eigenvalue weighted by Gasteiger charge is -2.49. The van der Waals surface area contributed by atoms with Gasteiger partial charge in [-0.25, -0.2) is 0 Å². The van der Waals surface area contributed by atoms with E-state index in [4.69, 9.17) is 4.74 Å². The lowest BCUT2D eigenvalue weighted by molar-refractivity contribution is -0.158. The summed E-state index contributed by atoms with van der Waals surface area (Å²) in [6.45, 7) is 7.24. The van der Waals surface area contributed by atoms with E-state index >= 15 is 0 Å². The van der Waals surface area contributed by atoms with Crippen molar-refractivity contribution in [2.24, 2.45) is 0 Å². The largest absolute Gasteiger partial charge is 0.366 e. The van der Waals surface area contributed by atoms with Crippen molar-refractivity contribution in [1.29, 1.82) is 0 Å². The van der Waals surface area contributed by atoms with Gasteiger partial charge >= 0.3 is 0 Å². The summed E-state index contributed by atoms with van der Waals surface area (Å²) in [5.41, 5.74) is 0.0396. The van der Waals surface area contributed by atoms with Gasteiger partial charge in [0.15, 0.2) is 0 Å². The molecule has 0 radical (unpaired) electrons. The molecule has 4 nitrogen and oxygen atoms in total. The second kappa shape index (κ2) is 3.51. The third-order valence-electron chi connectivity index (χ3n) is 3.15. The van der Waals surface area contributed by atoms with E-state index in [1.165, 1.54) is 0 Å². The van der Waals surface area contributed by atoms with Crippen molar-refractivity contribution in [2.45, 2.75) is 31.9 Å². The van der Waals surface area contributed by atoms with Crippen LogP contribution in [0.15, 0.2) is 0 Å². The lowest BCUT2D eigenvalue weighted by Crippen LogP contribution is -2.63. The van der Waals surface area contributed by atoms with E-state index in [2.05, 4.69) is 19.2 Å². The molecule has 1 atom stereocenters. The van der Waals surface area contributed by atoms with Gasteiger partial charge in [0.2, 0.25) is 0 Å². The molecule has 0 aliphatic carbocycles. The minimum atomic E-state index is -0.261. The minimum absolute atomic E-state index is 0.0396. The quantitative estimate of drug-likeness (QED) is 0.644. The molecule has 0 saturated carbocycles. The molecule has 80 valence electrons. The number of carbonyl (C=O) groups excluding carboxylic acids is 1. The third-order valence-corrected chi connectivity index (χ3v) is 3.15. The average Bonchev–Trinajstić information content (AvgIpc) is 2.18. The smallest absolute Gasteiger partial charge is 0.253 e. The number of hydrogen-bond donors (Lipinski definition) is 1. The van der Waals surface area contributed by atoms with Gasteiger partial charge in [0, 0.05) is 25.2 Å². The fraction of sp³-hybridized carbons (Fsp3) is 0.900. The molecular weight excluding hydrogens is 180 g/mol. The van der Waals surface area contributed by atoms with Gasteiger partial charge in [-0.05, 0) is 20.3 Å². The maximum absolute atomic E-state index is 12.0. The first-order chi connectivity index (χ1) is 6.61. The van der Waals surface area contributed by atoms with Gasteiger partial charge in [0.25, 0.3) is 5.91 Å². The van der Waals surface area contributed by atoms with Crippen LogP contribution in [0.5, 0.6) is 0 Å². The van der Waals surface area contributed by atoms with Crippen molar-refractivity contribution in [3.05, 3.63) is 0 Å². The predicted molar refractivity (Wildman–Crippen MR) is 53.0 cm³/mol. The van der Waals surface area contributed by atoms with Crippen molar-refractivity contribution < 1.29 is 9.53 Å². The van der Waals surface area contributed by atoms with E-state index < -0.39 is 0 Å². The molecular formula is C10H18N2O2. The number of likely N-dealkylation sites (tertiary alicyclic amines) is 1. The first kappa shape index (κ1) is 9.93. The SMILES string of the molecule is CC1(C)CCN1C(=O)[C@H]1CNCCO1. The van der Waals surface area contributed by atoms with Gasteiger partial charge in [-0.1, -0.05) is 0 Å². The summed E-state index contributed by atoms with van der Waals surface area (Å²) < 4.78 is 5.44. The van der Waals surface area contributed by atoms with E-state index in [0.717, 1.165) is 19.5 Å². The molecule has 0 aromatic rings. The molecule has 2 heterocycles. The standard InChI is InChI=1S/C10H18N2O2/c1-10(2)3-5-12(10)9(13)8-7-11-4-6-14-8/h8,11H,3-7H2,1-2H3/t8-/m1/s1. The summed E-state index contributed by atoms with van der Waals surface area (Å²) in [6.07, 6.45) is 0.835. The van der Waals surface area contributed by atoms with Crippen molar-refractivity contribution in [1.82, 2.24) is 10.2 Å². The molecule has 2 aliphatic heterocycles. The second-order valence-corrected chi connectivity index (χ2v) is 4.62. The van der Waals surface area contributed by atoms with Crippen LogP contribution in [-0.4, -0.2) is 48.7 Å². The van der Waals surface area contributed by atoms with Crippen LogP contribution < -0.4 is 5.32 Å². The molecule has 0 unspecified atom stereocenters. The number of nitrogens with one attached hydrogen (secondary N) is 1. The highest BCUT2D eigenvalue weighted by Crippen LogP contribution is 2.30. The Kier molecular flexibility index (Phi) is 2.49. The van der Waals surface area contributed by atoms with E-state index in [-0.39, 0.29) is 17.6 Å². The fourth-order valence-electron chi connectivity index (χ4n) is 1.98. The highest BCUT2D eigenvalue weighted by Gasteiger charge is 2.42. The first-order valence-electron chi connectivity index (χ1n) is 5.25. The Balaban J connectivity index is 1.94. The van der Waals surface area contributed by atoms with E-state index in [9.17, 15) is 4.79 Å². The lowest BCUT2D eigenvalue weighted by atomic mass is 9.88. The molecule has 0 spiro atoms. The Morgan fingerprint density at radius 1 is 1.57 bits per heavy atom. The van der Waals surface area contributed by atoms with Crippen LogP contribution in [0.3, 0.4) is 0 Å². The Bertz CT molecular complexity index is 234. The van der Waals surface area contributed by atoms with Crippen LogP contribution in [0.2, 0.25) is 0 Å². The molecule has 2 fully saturated rings. The normalized spacial score (nSPS) is 31.0. The summed E-state index contributed by atoms with van der Waals surface area (Å²) >= 11 is 0. The van der Waals surface area contributed by atoms with Crippen LogP contribution in [-0.2, 0) is 9.53 Å². The second-order valence-electron chi connectivity index (χ2n) is 4.62. The Labute approximate surface area is 84.6 Å². The van der Waals surface area contributed by atoms with Crippen LogP contribution in [0.25, 0.3) is 0 Å². The van der Waals surface area contributed by atoms with Gasteiger partial charge in [0.1, 0.15) is 6.10 Å². The monoisotopic (exact) mass is 198 g/mol. The van der Waals surface area contributed by atoms with Crippen molar-refractivity contribution in [3.8, 4) is 0 Å². The molecule has 4 heteroatoms. The highest BCUT2D eigenvalue weighted by atomic mass is 16.5. The zero-order chi connectivity index (χ0) is 10.2. The molecule has 0 aromatic heterocycles. The fourth-order valence-corrected chi connectivity index (χ4v) is 1.98. The Morgan fingerprint density at radius 2 is 2.36 bits per heavy atom. The molecule has 0 bridgehead atoms. The number of hydrogen-bond acceptors (Lipinski definition) is 3. The van der Waals surface area contributed by atoms with E-state index in [0.29, 0.717) is 13.2 Å². The number of ether oxygens (including phenoxy) is 1.